The summed E-state index contributed by atoms with van der Waals surface area (Å²) in [6.07, 6.45) is 0. The summed E-state index contributed by atoms with van der Waals surface area (Å²) in [5.74, 6) is -0.600. The van der Waals surface area contributed by atoms with E-state index < -0.39 is 15.9 Å². The molecule has 1 rings (SSSR count). The Hall–Kier alpha value is -1.97. The van der Waals surface area contributed by atoms with Crippen LogP contribution in [0.15, 0.2) is 29.2 Å². The Balaban J connectivity index is 2.66. The molecule has 0 aliphatic carbocycles. The summed E-state index contributed by atoms with van der Waals surface area (Å²) >= 11 is 0. The van der Waals surface area contributed by atoms with Gasteiger partial charge in [0.05, 0.1) is 18.0 Å². The molecule has 1 aromatic rings. The molecular formula is C16H25N3O5S. The number of sulfonamides is 1. The molecule has 0 aromatic heterocycles. The lowest BCUT2D eigenvalue weighted by atomic mass is 10.2. The molecular weight excluding hydrogens is 346 g/mol. The zero-order valence-electron chi connectivity index (χ0n) is 14.7. The largest absolute Gasteiger partial charge is 0.383 e. The van der Waals surface area contributed by atoms with Gasteiger partial charge in [-0.05, 0) is 38.1 Å². The van der Waals surface area contributed by atoms with Gasteiger partial charge >= 0.3 is 0 Å². The quantitative estimate of drug-likeness (QED) is 0.572. The van der Waals surface area contributed by atoms with Crippen LogP contribution in [0.2, 0.25) is 0 Å². The number of carbonyl (C=O) groups excluding carboxylic acids is 2. The molecule has 0 aliphatic rings. The first-order chi connectivity index (χ1) is 11.9. The molecule has 2 amide bonds. The Kier molecular flexibility index (Phi) is 8.53. The fourth-order valence-corrected chi connectivity index (χ4v) is 3.11. The van der Waals surface area contributed by atoms with Gasteiger partial charge in [-0.3, -0.25) is 9.59 Å². The molecule has 0 aliphatic heterocycles. The predicted octanol–water partition coefficient (Wildman–Crippen LogP) is 0.210. The highest BCUT2D eigenvalue weighted by Gasteiger charge is 2.15. The van der Waals surface area contributed by atoms with Crippen LogP contribution in [-0.4, -0.2) is 65.0 Å². The zero-order chi connectivity index (χ0) is 18.9. The van der Waals surface area contributed by atoms with Gasteiger partial charge in [0.1, 0.15) is 0 Å². The zero-order valence-corrected chi connectivity index (χ0v) is 15.6. The third kappa shape index (κ3) is 6.45. The molecule has 2 N–H and O–H groups in total. The number of ether oxygens (including phenoxy) is 1. The lowest BCUT2D eigenvalue weighted by Gasteiger charge is -2.18. The number of hydrogen-bond acceptors (Lipinski definition) is 5. The number of nitrogens with one attached hydrogen (secondary N) is 2. The molecule has 0 atom stereocenters. The summed E-state index contributed by atoms with van der Waals surface area (Å²) in [6, 6.07) is 5.50. The topological polar surface area (TPSA) is 105 Å². The number of hydrogen-bond donors (Lipinski definition) is 2. The Morgan fingerprint density at radius 3 is 2.24 bits per heavy atom. The summed E-state index contributed by atoms with van der Waals surface area (Å²) in [6.45, 7) is 5.21. The van der Waals surface area contributed by atoms with Gasteiger partial charge in [-0.1, -0.05) is 0 Å². The summed E-state index contributed by atoms with van der Waals surface area (Å²) in [5, 5.41) is 2.54. The average Bonchev–Trinajstić information content (AvgIpc) is 2.61. The second kappa shape index (κ2) is 10.1. The van der Waals surface area contributed by atoms with Crippen molar-refractivity contribution < 1.29 is 22.7 Å². The van der Waals surface area contributed by atoms with Crippen molar-refractivity contribution in [2.75, 3.05) is 39.9 Å². The Morgan fingerprint density at radius 1 is 1.12 bits per heavy atom. The maximum absolute atomic E-state index is 12.1. The van der Waals surface area contributed by atoms with Crippen molar-refractivity contribution in [1.29, 1.82) is 0 Å². The highest BCUT2D eigenvalue weighted by atomic mass is 32.2. The van der Waals surface area contributed by atoms with Gasteiger partial charge in [0.15, 0.2) is 0 Å². The first-order valence-electron chi connectivity index (χ1n) is 8.00. The first-order valence-corrected chi connectivity index (χ1v) is 9.48. The van der Waals surface area contributed by atoms with Crippen LogP contribution in [0.25, 0.3) is 0 Å². The van der Waals surface area contributed by atoms with E-state index in [1.807, 2.05) is 13.8 Å². The Labute approximate surface area is 148 Å². The molecule has 0 saturated carbocycles. The minimum Gasteiger partial charge on any atom is -0.383 e. The van der Waals surface area contributed by atoms with Crippen molar-refractivity contribution in [2.24, 2.45) is 0 Å². The Bertz CT molecular complexity index is 670. The molecule has 0 bridgehead atoms. The number of methoxy groups -OCH3 is 1. The van der Waals surface area contributed by atoms with Crippen LogP contribution in [-0.2, 0) is 19.6 Å². The van der Waals surface area contributed by atoms with Crippen LogP contribution in [0.3, 0.4) is 0 Å². The van der Waals surface area contributed by atoms with Crippen LogP contribution in [0, 0.1) is 0 Å². The summed E-state index contributed by atoms with van der Waals surface area (Å²) in [4.78, 5) is 25.6. The molecule has 0 spiro atoms. The smallest absolute Gasteiger partial charge is 0.251 e. The lowest BCUT2D eigenvalue weighted by molar-refractivity contribution is -0.129. The number of likely N-dealkylation sites (N-methyl/N-ethyl adjacent to an activating group) is 1. The second-order valence-electron chi connectivity index (χ2n) is 5.16. The van der Waals surface area contributed by atoms with Crippen molar-refractivity contribution in [3.05, 3.63) is 29.8 Å². The molecule has 8 nitrogen and oxygen atoms in total. The standard InChI is InChI=1S/C16H25N3O5S/c1-4-19(5-2)15(20)12-17-16(21)13-6-8-14(9-7-13)25(22,23)18-10-11-24-3/h6-9,18H,4-5,10-12H2,1-3H3,(H,17,21). The van der Waals surface area contributed by atoms with E-state index in [-0.39, 0.29) is 36.1 Å². The van der Waals surface area contributed by atoms with Gasteiger partial charge < -0.3 is 15.0 Å². The highest BCUT2D eigenvalue weighted by Crippen LogP contribution is 2.10. The van der Waals surface area contributed by atoms with E-state index in [1.54, 1.807) is 4.90 Å². The van der Waals surface area contributed by atoms with Crippen molar-refractivity contribution >= 4 is 21.8 Å². The van der Waals surface area contributed by atoms with Crippen molar-refractivity contribution in [1.82, 2.24) is 14.9 Å². The van der Waals surface area contributed by atoms with Crippen LogP contribution < -0.4 is 10.0 Å². The first kappa shape index (κ1) is 21.1. The van der Waals surface area contributed by atoms with E-state index in [4.69, 9.17) is 4.74 Å². The maximum atomic E-state index is 12.1. The van der Waals surface area contributed by atoms with E-state index >= 15 is 0 Å². The molecule has 0 radical (unpaired) electrons. The van der Waals surface area contributed by atoms with Gasteiger partial charge in [0, 0.05) is 32.3 Å². The SMILES string of the molecule is CCN(CC)C(=O)CNC(=O)c1ccc(S(=O)(=O)NCCOC)cc1. The van der Waals surface area contributed by atoms with E-state index in [1.165, 1.54) is 31.4 Å². The number of nitrogens with zero attached hydrogens (tertiary/aromatic N) is 1. The van der Waals surface area contributed by atoms with E-state index in [0.29, 0.717) is 13.1 Å². The van der Waals surface area contributed by atoms with Crippen molar-refractivity contribution in [3.8, 4) is 0 Å². The van der Waals surface area contributed by atoms with E-state index in [9.17, 15) is 18.0 Å². The highest BCUT2D eigenvalue weighted by molar-refractivity contribution is 7.89. The minimum absolute atomic E-state index is 0.0550. The van der Waals surface area contributed by atoms with Gasteiger partial charge in [-0.15, -0.1) is 0 Å². The summed E-state index contributed by atoms with van der Waals surface area (Å²) < 4.78 is 31.2. The van der Waals surface area contributed by atoms with Gasteiger partial charge in [-0.25, -0.2) is 13.1 Å². The maximum Gasteiger partial charge on any atom is 0.251 e. The van der Waals surface area contributed by atoms with Crippen LogP contribution in [0.4, 0.5) is 0 Å². The number of carbonyl (C=O) groups is 2. The van der Waals surface area contributed by atoms with E-state index in [2.05, 4.69) is 10.0 Å². The van der Waals surface area contributed by atoms with Gasteiger partial charge in [-0.2, -0.15) is 0 Å². The molecule has 0 fully saturated rings. The minimum atomic E-state index is -3.64. The third-order valence-electron chi connectivity index (χ3n) is 3.54. The molecule has 1 aromatic carbocycles. The fraction of sp³-hybridized carbons (Fsp3) is 0.500. The molecule has 140 valence electrons. The number of amides is 2. The predicted molar refractivity (Wildman–Crippen MR) is 93.8 cm³/mol. The van der Waals surface area contributed by atoms with Crippen molar-refractivity contribution in [3.63, 3.8) is 0 Å². The summed E-state index contributed by atoms with van der Waals surface area (Å²) in [5.41, 5.74) is 0.281. The molecule has 0 heterocycles. The van der Waals surface area contributed by atoms with Crippen LogP contribution in [0.1, 0.15) is 24.2 Å². The monoisotopic (exact) mass is 371 g/mol. The molecule has 25 heavy (non-hydrogen) atoms. The number of benzene rings is 1. The second-order valence-corrected chi connectivity index (χ2v) is 6.93. The number of rotatable bonds is 10. The average molecular weight is 371 g/mol. The third-order valence-corrected chi connectivity index (χ3v) is 5.02. The molecule has 9 heteroatoms. The van der Waals surface area contributed by atoms with Crippen molar-refractivity contribution in [2.45, 2.75) is 18.7 Å². The van der Waals surface area contributed by atoms with Crippen LogP contribution in [0.5, 0.6) is 0 Å². The molecule has 0 unspecified atom stereocenters. The van der Waals surface area contributed by atoms with E-state index in [0.717, 1.165) is 0 Å². The normalized spacial score (nSPS) is 11.2. The van der Waals surface area contributed by atoms with Crippen LogP contribution >= 0.6 is 0 Å². The van der Waals surface area contributed by atoms with Gasteiger partial charge in [0.25, 0.3) is 5.91 Å². The van der Waals surface area contributed by atoms with Gasteiger partial charge in [0.2, 0.25) is 15.9 Å². The lowest BCUT2D eigenvalue weighted by Crippen LogP contribution is -2.40. The Morgan fingerprint density at radius 2 is 1.72 bits per heavy atom. The fourth-order valence-electron chi connectivity index (χ4n) is 2.09. The summed E-state index contributed by atoms with van der Waals surface area (Å²) in [7, 11) is -2.16. The molecule has 0 saturated heterocycles.